The number of carbonyl (C=O) groups excluding carboxylic acids is 1. The Labute approximate surface area is 113 Å². The van der Waals surface area contributed by atoms with Crippen LogP contribution in [0.2, 0.25) is 0 Å². The summed E-state index contributed by atoms with van der Waals surface area (Å²) in [5, 5.41) is 0. The Balaban J connectivity index is 2.95. The molecule has 0 amide bonds. The van der Waals surface area contributed by atoms with E-state index >= 15 is 0 Å². The monoisotopic (exact) mass is 255 g/mol. The van der Waals surface area contributed by atoms with E-state index in [1.807, 2.05) is 43.4 Å². The molecule has 0 aliphatic rings. The minimum Gasteiger partial charge on any atom is -0.465 e. The summed E-state index contributed by atoms with van der Waals surface area (Å²) in [5.74, 6) is -0.341. The van der Waals surface area contributed by atoms with E-state index in [2.05, 4.69) is 16.4 Å². The van der Waals surface area contributed by atoms with E-state index in [4.69, 9.17) is 0 Å². The average Bonchev–Trinajstić information content (AvgIpc) is 2.44. The molecular weight excluding hydrogens is 238 g/mol. The number of ether oxygens (including phenoxy) is 1. The van der Waals surface area contributed by atoms with E-state index in [1.165, 1.54) is 7.11 Å². The second kappa shape index (κ2) is 7.82. The first kappa shape index (κ1) is 14.6. The third kappa shape index (κ3) is 4.76. The Morgan fingerprint density at radius 2 is 2.16 bits per heavy atom. The number of hydrogen-bond acceptors (Lipinski definition) is 3. The summed E-state index contributed by atoms with van der Waals surface area (Å²) < 4.78 is 4.69. The number of hydrogen-bond donors (Lipinski definition) is 0. The van der Waals surface area contributed by atoms with Crippen molar-refractivity contribution in [1.29, 1.82) is 0 Å². The van der Waals surface area contributed by atoms with Gasteiger partial charge in [0.1, 0.15) is 0 Å². The summed E-state index contributed by atoms with van der Waals surface area (Å²) >= 11 is 0. The molecule has 0 heterocycles. The van der Waals surface area contributed by atoms with Gasteiger partial charge in [-0.1, -0.05) is 36.4 Å². The highest BCUT2D eigenvalue weighted by Gasteiger charge is 2.03. The van der Waals surface area contributed by atoms with Gasteiger partial charge in [0, 0.05) is 6.20 Å². The first-order valence-corrected chi connectivity index (χ1v) is 5.86. The highest BCUT2D eigenvalue weighted by molar-refractivity contribution is 5.90. The average molecular weight is 255 g/mol. The van der Waals surface area contributed by atoms with Gasteiger partial charge in [0.25, 0.3) is 0 Å². The normalized spacial score (nSPS) is 12.0. The van der Waals surface area contributed by atoms with E-state index < -0.39 is 0 Å². The molecule has 0 aromatic heterocycles. The lowest BCUT2D eigenvalue weighted by Gasteiger charge is -2.00. The minimum atomic E-state index is -0.341. The van der Waals surface area contributed by atoms with Crippen molar-refractivity contribution in [3.63, 3.8) is 0 Å². The van der Waals surface area contributed by atoms with Crippen molar-refractivity contribution < 1.29 is 9.53 Å². The summed E-state index contributed by atoms with van der Waals surface area (Å²) in [5.41, 5.74) is 2.38. The van der Waals surface area contributed by atoms with Gasteiger partial charge in [0.15, 0.2) is 0 Å². The molecule has 1 rings (SSSR count). The number of esters is 1. The molecule has 1 aromatic carbocycles. The molecular formula is C16H17NO2. The molecule has 0 radical (unpaired) electrons. The molecule has 19 heavy (non-hydrogen) atoms. The zero-order chi connectivity index (χ0) is 14.1. The van der Waals surface area contributed by atoms with Crippen molar-refractivity contribution in [2.75, 3.05) is 7.11 Å². The topological polar surface area (TPSA) is 38.7 Å². The highest BCUT2D eigenvalue weighted by atomic mass is 16.5. The van der Waals surface area contributed by atoms with Crippen LogP contribution in [0.5, 0.6) is 0 Å². The molecule has 0 atom stereocenters. The molecule has 0 fully saturated rings. The molecule has 3 nitrogen and oxygen atoms in total. The van der Waals surface area contributed by atoms with Gasteiger partial charge in [0.05, 0.1) is 12.7 Å². The smallest absolute Gasteiger partial charge is 0.337 e. The van der Waals surface area contributed by atoms with E-state index in [0.717, 1.165) is 11.1 Å². The molecule has 0 saturated heterocycles. The van der Waals surface area contributed by atoms with Crippen LogP contribution in [0.15, 0.2) is 59.3 Å². The van der Waals surface area contributed by atoms with Gasteiger partial charge in [-0.2, -0.15) is 0 Å². The molecule has 0 unspecified atom stereocenters. The molecule has 0 saturated carbocycles. The number of benzene rings is 1. The Morgan fingerprint density at radius 3 is 2.79 bits per heavy atom. The minimum absolute atomic E-state index is 0.341. The van der Waals surface area contributed by atoms with E-state index in [1.54, 1.807) is 18.3 Å². The van der Waals surface area contributed by atoms with Crippen LogP contribution >= 0.6 is 0 Å². The molecule has 0 aliphatic carbocycles. The number of methoxy groups -OCH3 is 1. The third-order valence-corrected chi connectivity index (χ3v) is 2.38. The van der Waals surface area contributed by atoms with Crippen molar-refractivity contribution >= 4 is 18.8 Å². The van der Waals surface area contributed by atoms with Gasteiger partial charge in [-0.05, 0) is 36.9 Å². The third-order valence-electron chi connectivity index (χ3n) is 2.38. The maximum Gasteiger partial charge on any atom is 0.337 e. The van der Waals surface area contributed by atoms with Gasteiger partial charge in [-0.15, -0.1) is 0 Å². The van der Waals surface area contributed by atoms with Crippen LogP contribution in [0.25, 0.3) is 6.08 Å². The molecule has 98 valence electrons. The quantitative estimate of drug-likeness (QED) is 0.457. The fourth-order valence-corrected chi connectivity index (χ4v) is 1.52. The van der Waals surface area contributed by atoms with Gasteiger partial charge in [0.2, 0.25) is 0 Å². The van der Waals surface area contributed by atoms with Crippen LogP contribution in [0.1, 0.15) is 22.8 Å². The molecule has 0 bridgehead atoms. The first-order valence-electron chi connectivity index (χ1n) is 5.86. The predicted octanol–water partition coefficient (Wildman–Crippen LogP) is 3.65. The van der Waals surface area contributed by atoms with Crippen molar-refractivity contribution in [1.82, 2.24) is 0 Å². The van der Waals surface area contributed by atoms with Crippen LogP contribution < -0.4 is 0 Å². The Bertz CT molecular complexity index is 539. The fraction of sp³-hybridized carbons (Fsp3) is 0.125. The number of aliphatic imine (C=N–C) groups is 1. The van der Waals surface area contributed by atoms with Crippen LogP contribution in [0.4, 0.5) is 0 Å². The van der Waals surface area contributed by atoms with Crippen LogP contribution in [0.3, 0.4) is 0 Å². The predicted molar refractivity (Wildman–Crippen MR) is 79.3 cm³/mol. The largest absolute Gasteiger partial charge is 0.465 e. The summed E-state index contributed by atoms with van der Waals surface area (Å²) in [6, 6.07) is 7.22. The van der Waals surface area contributed by atoms with Crippen molar-refractivity contribution in [2.24, 2.45) is 4.99 Å². The summed E-state index contributed by atoms with van der Waals surface area (Å²) in [4.78, 5) is 15.2. The van der Waals surface area contributed by atoms with Crippen molar-refractivity contribution in [3.8, 4) is 0 Å². The van der Waals surface area contributed by atoms with Gasteiger partial charge < -0.3 is 4.74 Å². The van der Waals surface area contributed by atoms with Crippen molar-refractivity contribution in [2.45, 2.75) is 6.92 Å². The van der Waals surface area contributed by atoms with E-state index in [0.29, 0.717) is 5.56 Å². The van der Waals surface area contributed by atoms with Gasteiger partial charge in [-0.25, -0.2) is 4.79 Å². The number of rotatable bonds is 5. The number of allylic oxidation sites excluding steroid dienone is 4. The summed E-state index contributed by atoms with van der Waals surface area (Å²) in [7, 11) is 1.37. The highest BCUT2D eigenvalue weighted by Crippen LogP contribution is 2.10. The van der Waals surface area contributed by atoms with Crippen LogP contribution in [-0.2, 0) is 4.74 Å². The van der Waals surface area contributed by atoms with Crippen LogP contribution in [0, 0.1) is 0 Å². The Kier molecular flexibility index (Phi) is 6.03. The van der Waals surface area contributed by atoms with Gasteiger partial charge in [-0.3, -0.25) is 4.99 Å². The summed E-state index contributed by atoms with van der Waals surface area (Å²) in [6.07, 6.45) is 9.33. The van der Waals surface area contributed by atoms with Gasteiger partial charge >= 0.3 is 5.97 Å². The lowest BCUT2D eigenvalue weighted by Crippen LogP contribution is -2.00. The molecule has 3 heteroatoms. The molecule has 0 N–H and O–H groups in total. The Hall–Kier alpha value is -2.42. The maximum atomic E-state index is 11.4. The Morgan fingerprint density at radius 1 is 1.37 bits per heavy atom. The second-order valence-corrected chi connectivity index (χ2v) is 3.76. The molecule has 0 spiro atoms. The zero-order valence-electron chi connectivity index (χ0n) is 11.2. The number of carbonyl (C=O) groups is 1. The molecule has 0 aliphatic heterocycles. The summed E-state index contributed by atoms with van der Waals surface area (Å²) in [6.45, 7) is 5.36. The van der Waals surface area contributed by atoms with Crippen LogP contribution in [-0.4, -0.2) is 19.8 Å². The standard InChI is InChI=1S/C16H17NO2/c1-4-6-14(12-17-2)10-9-13-7-5-8-15(11-13)16(18)19-3/h4-12H,2H2,1,3H3/b6-4-,10-9+,14-12+. The molecule has 1 aromatic rings. The van der Waals surface area contributed by atoms with E-state index in [9.17, 15) is 4.79 Å². The van der Waals surface area contributed by atoms with E-state index in [-0.39, 0.29) is 5.97 Å². The fourth-order valence-electron chi connectivity index (χ4n) is 1.52. The first-order chi connectivity index (χ1) is 9.21. The zero-order valence-corrected chi connectivity index (χ0v) is 11.2. The second-order valence-electron chi connectivity index (χ2n) is 3.76. The number of nitrogens with zero attached hydrogens (tertiary/aromatic N) is 1. The lowest BCUT2D eigenvalue weighted by molar-refractivity contribution is 0.0600. The lowest BCUT2D eigenvalue weighted by atomic mass is 10.1. The maximum absolute atomic E-state index is 11.4. The van der Waals surface area contributed by atoms with Crippen molar-refractivity contribution in [3.05, 3.63) is 65.4 Å². The SMILES string of the molecule is C=N/C=C(\C=C/C)/C=C/c1cccc(C(=O)OC)c1.